The van der Waals surface area contributed by atoms with Gasteiger partial charge in [-0.25, -0.2) is 0 Å². The molecule has 0 unspecified atom stereocenters. The number of nitrogens with zero attached hydrogens (tertiary/aromatic N) is 3. The van der Waals surface area contributed by atoms with Crippen molar-refractivity contribution in [2.75, 3.05) is 25.5 Å². The molecule has 0 saturated carbocycles. The molecular formula is C18H19N3O3S3. The number of hydrogen-bond donors (Lipinski definition) is 0. The highest BCUT2D eigenvalue weighted by Gasteiger charge is 2.34. The summed E-state index contributed by atoms with van der Waals surface area (Å²) in [5.41, 5.74) is 1.93. The number of sulfonamides is 1. The molecule has 1 saturated heterocycles. The predicted octanol–water partition coefficient (Wildman–Crippen LogP) is 3.50. The minimum atomic E-state index is -3.82. The molecule has 1 amide bonds. The minimum absolute atomic E-state index is 0.163. The van der Waals surface area contributed by atoms with E-state index in [4.69, 9.17) is 0 Å². The molecule has 2 aromatic rings. The number of carbonyl (C=O) groups excluding carboxylic acids is 1. The molecule has 142 valence electrons. The summed E-state index contributed by atoms with van der Waals surface area (Å²) in [4.78, 5) is 16.5. The van der Waals surface area contributed by atoms with Crippen LogP contribution in [-0.2, 0) is 14.8 Å². The number of thioether (sulfide) groups is 1. The van der Waals surface area contributed by atoms with Crippen molar-refractivity contribution in [2.24, 2.45) is 4.40 Å². The third kappa shape index (κ3) is 4.26. The van der Waals surface area contributed by atoms with E-state index in [0.29, 0.717) is 11.4 Å². The number of amides is 1. The first kappa shape index (κ1) is 19.7. The Morgan fingerprint density at radius 2 is 1.89 bits per heavy atom. The van der Waals surface area contributed by atoms with Gasteiger partial charge in [-0.1, -0.05) is 18.2 Å². The molecule has 9 heteroatoms. The monoisotopic (exact) mass is 421 g/mol. The van der Waals surface area contributed by atoms with Gasteiger partial charge in [-0.15, -0.1) is 15.7 Å². The summed E-state index contributed by atoms with van der Waals surface area (Å²) in [5, 5.41) is 1.87. The maximum absolute atomic E-state index is 12.7. The summed E-state index contributed by atoms with van der Waals surface area (Å²) in [6.45, 7) is 2.14. The van der Waals surface area contributed by atoms with Gasteiger partial charge in [-0.2, -0.15) is 8.42 Å². The average molecular weight is 422 g/mol. The van der Waals surface area contributed by atoms with Gasteiger partial charge in [0.2, 0.25) is 0 Å². The number of likely N-dealkylation sites (N-methyl/N-ethyl adjacent to an activating group) is 1. The van der Waals surface area contributed by atoms with Gasteiger partial charge in [0.1, 0.15) is 4.21 Å². The number of amidine groups is 1. The van der Waals surface area contributed by atoms with Gasteiger partial charge in [-0.05, 0) is 53.9 Å². The molecule has 27 heavy (non-hydrogen) atoms. The molecule has 6 nitrogen and oxygen atoms in total. The van der Waals surface area contributed by atoms with Gasteiger partial charge >= 0.3 is 0 Å². The Kier molecular flexibility index (Phi) is 5.73. The first-order chi connectivity index (χ1) is 12.8. The van der Waals surface area contributed by atoms with Crippen molar-refractivity contribution < 1.29 is 13.2 Å². The summed E-state index contributed by atoms with van der Waals surface area (Å²) < 4.78 is 28.9. The van der Waals surface area contributed by atoms with Crippen molar-refractivity contribution >= 4 is 56.0 Å². The Morgan fingerprint density at radius 1 is 1.19 bits per heavy atom. The van der Waals surface area contributed by atoms with Crippen LogP contribution in [-0.4, -0.2) is 45.0 Å². The molecule has 1 aliphatic heterocycles. The topological polar surface area (TPSA) is 70.1 Å². The first-order valence-corrected chi connectivity index (χ1v) is 11.3. The Bertz CT molecular complexity index is 992. The van der Waals surface area contributed by atoms with E-state index in [1.165, 1.54) is 11.0 Å². The van der Waals surface area contributed by atoms with Crippen LogP contribution in [0.1, 0.15) is 12.5 Å². The van der Waals surface area contributed by atoms with E-state index in [1.54, 1.807) is 24.4 Å². The number of carbonyl (C=O) groups is 1. The fourth-order valence-electron chi connectivity index (χ4n) is 2.43. The van der Waals surface area contributed by atoms with Gasteiger partial charge in [0.05, 0.1) is 4.91 Å². The van der Waals surface area contributed by atoms with Crippen molar-refractivity contribution in [1.29, 1.82) is 0 Å². The summed E-state index contributed by atoms with van der Waals surface area (Å²) in [6, 6.07) is 10.9. The van der Waals surface area contributed by atoms with Crippen LogP contribution >= 0.6 is 23.1 Å². The zero-order chi connectivity index (χ0) is 19.6. The van der Waals surface area contributed by atoms with E-state index in [2.05, 4.69) is 4.40 Å². The molecule has 2 heterocycles. The van der Waals surface area contributed by atoms with Crippen molar-refractivity contribution in [3.05, 3.63) is 52.2 Å². The quantitative estimate of drug-likeness (QED) is 0.691. The van der Waals surface area contributed by atoms with Crippen molar-refractivity contribution in [1.82, 2.24) is 4.90 Å². The van der Waals surface area contributed by atoms with Crippen molar-refractivity contribution in [2.45, 2.75) is 11.1 Å². The van der Waals surface area contributed by atoms with Crippen LogP contribution in [0.5, 0.6) is 0 Å². The fraction of sp³-hybridized carbons (Fsp3) is 0.222. The van der Waals surface area contributed by atoms with Gasteiger partial charge in [0.25, 0.3) is 15.9 Å². The van der Waals surface area contributed by atoms with Crippen molar-refractivity contribution in [3.63, 3.8) is 0 Å². The maximum atomic E-state index is 12.7. The van der Waals surface area contributed by atoms with E-state index in [1.807, 2.05) is 43.3 Å². The molecule has 0 atom stereocenters. The Morgan fingerprint density at radius 3 is 2.44 bits per heavy atom. The molecule has 1 aliphatic rings. The molecular weight excluding hydrogens is 402 g/mol. The van der Waals surface area contributed by atoms with Crippen LogP contribution < -0.4 is 4.90 Å². The van der Waals surface area contributed by atoms with Crippen LogP contribution in [0.2, 0.25) is 0 Å². The third-order valence-corrected chi connectivity index (χ3v) is 7.62. The van der Waals surface area contributed by atoms with Crippen LogP contribution in [0.4, 0.5) is 5.69 Å². The van der Waals surface area contributed by atoms with Crippen LogP contribution in [0.3, 0.4) is 0 Å². The third-order valence-electron chi connectivity index (χ3n) is 3.86. The van der Waals surface area contributed by atoms with E-state index in [9.17, 15) is 13.2 Å². The first-order valence-electron chi connectivity index (χ1n) is 8.19. The Labute approximate surface area is 167 Å². The molecule has 1 aromatic heterocycles. The summed E-state index contributed by atoms with van der Waals surface area (Å²) in [7, 11) is 0.0969. The summed E-state index contributed by atoms with van der Waals surface area (Å²) >= 11 is 2.19. The Hall–Kier alpha value is -2.10. The van der Waals surface area contributed by atoms with Crippen LogP contribution in [0, 0.1) is 0 Å². The van der Waals surface area contributed by atoms with Gasteiger partial charge in [0, 0.05) is 26.3 Å². The SMILES string of the molecule is CCN1C(=O)C(=Cc2ccc(N(C)C)cc2)SC1=NS(=O)(=O)c1cccs1. The molecule has 1 fully saturated rings. The zero-order valence-corrected chi connectivity index (χ0v) is 17.6. The van der Waals surface area contributed by atoms with Gasteiger partial charge in [0.15, 0.2) is 5.17 Å². The molecule has 0 aliphatic carbocycles. The van der Waals surface area contributed by atoms with E-state index in [0.717, 1.165) is 34.3 Å². The number of anilines is 1. The largest absolute Gasteiger partial charge is 0.378 e. The maximum Gasteiger partial charge on any atom is 0.294 e. The summed E-state index contributed by atoms with van der Waals surface area (Å²) in [6.07, 6.45) is 1.76. The minimum Gasteiger partial charge on any atom is -0.378 e. The molecule has 0 N–H and O–H groups in total. The van der Waals surface area contributed by atoms with Crippen molar-refractivity contribution in [3.8, 4) is 0 Å². The van der Waals surface area contributed by atoms with E-state index < -0.39 is 10.0 Å². The number of thiophene rings is 1. The van der Waals surface area contributed by atoms with Gasteiger partial charge in [-0.3, -0.25) is 9.69 Å². The zero-order valence-electron chi connectivity index (χ0n) is 15.1. The van der Waals surface area contributed by atoms with E-state index >= 15 is 0 Å². The predicted molar refractivity (Wildman–Crippen MR) is 113 cm³/mol. The van der Waals surface area contributed by atoms with Crippen LogP contribution in [0.15, 0.2) is 55.3 Å². The lowest BCUT2D eigenvalue weighted by Crippen LogP contribution is -2.29. The molecule has 1 aromatic carbocycles. The lowest BCUT2D eigenvalue weighted by molar-refractivity contribution is -0.122. The normalized spacial score (nSPS) is 17.9. The van der Waals surface area contributed by atoms with Gasteiger partial charge < -0.3 is 4.90 Å². The summed E-state index contributed by atoms with van der Waals surface area (Å²) in [5.74, 6) is -0.237. The standard InChI is InChI=1S/C18H19N3O3S3/c1-4-21-17(22)15(12-13-7-9-14(10-8-13)20(2)3)26-18(21)19-27(23,24)16-6-5-11-25-16/h5-12H,4H2,1-3H3. The smallest absolute Gasteiger partial charge is 0.294 e. The molecule has 0 radical (unpaired) electrons. The lowest BCUT2D eigenvalue weighted by atomic mass is 10.2. The molecule has 0 spiro atoms. The molecule has 3 rings (SSSR count). The average Bonchev–Trinajstić information content (AvgIpc) is 3.25. The highest BCUT2D eigenvalue weighted by atomic mass is 32.2. The second-order valence-corrected chi connectivity index (χ2v) is 9.71. The Balaban J connectivity index is 1.91. The fourth-order valence-corrected chi connectivity index (χ4v) is 5.65. The highest BCUT2D eigenvalue weighted by molar-refractivity contribution is 8.19. The van der Waals surface area contributed by atoms with E-state index in [-0.39, 0.29) is 15.3 Å². The molecule has 0 bridgehead atoms. The number of benzene rings is 1. The number of rotatable bonds is 5. The van der Waals surface area contributed by atoms with Crippen LogP contribution in [0.25, 0.3) is 6.08 Å². The second-order valence-electron chi connectivity index (χ2n) is 5.93. The highest BCUT2D eigenvalue weighted by Crippen LogP contribution is 2.34. The second kappa shape index (κ2) is 7.87. The lowest BCUT2D eigenvalue weighted by Gasteiger charge is -2.12. The number of hydrogen-bond acceptors (Lipinski definition) is 6.